The first-order valence-electron chi connectivity index (χ1n) is 12.8. The molecular formula is C27H34FIN4O5. The maximum atomic E-state index is 13.7. The second-order valence-electron chi connectivity index (χ2n) is 9.46. The van der Waals surface area contributed by atoms with Gasteiger partial charge in [-0.1, -0.05) is 22.6 Å². The number of carbonyl (C=O) groups excluding carboxylic acids is 2. The molecule has 2 aliphatic heterocycles. The number of nitrogens with zero attached hydrogens (tertiary/aromatic N) is 2. The molecule has 38 heavy (non-hydrogen) atoms. The van der Waals surface area contributed by atoms with Gasteiger partial charge in [0.15, 0.2) is 0 Å². The first kappa shape index (κ1) is 28.4. The number of hydrogen-bond acceptors (Lipinski definition) is 7. The fourth-order valence-electron chi connectivity index (χ4n) is 4.91. The number of aliphatic hydroxyl groups excluding tert-OH is 1. The van der Waals surface area contributed by atoms with E-state index in [-0.39, 0.29) is 16.6 Å². The molecule has 2 aromatic rings. The molecule has 9 nitrogen and oxygen atoms in total. The van der Waals surface area contributed by atoms with E-state index in [1.54, 1.807) is 6.92 Å². The number of nitrogens with one attached hydrogen (secondary N) is 2. The van der Waals surface area contributed by atoms with E-state index < -0.39 is 24.1 Å². The van der Waals surface area contributed by atoms with Gasteiger partial charge in [0.1, 0.15) is 17.7 Å². The summed E-state index contributed by atoms with van der Waals surface area (Å²) in [4.78, 5) is 30.2. The number of halogens is 2. The van der Waals surface area contributed by atoms with Crippen LogP contribution in [0.2, 0.25) is 0 Å². The minimum atomic E-state index is -0.686. The van der Waals surface area contributed by atoms with Crippen LogP contribution in [0.1, 0.15) is 40.4 Å². The van der Waals surface area contributed by atoms with Gasteiger partial charge in [-0.2, -0.15) is 0 Å². The van der Waals surface area contributed by atoms with Crippen LogP contribution < -0.4 is 20.3 Å². The van der Waals surface area contributed by atoms with Crippen molar-refractivity contribution in [3.8, 4) is 5.75 Å². The van der Waals surface area contributed by atoms with E-state index in [2.05, 4.69) is 43.0 Å². The Morgan fingerprint density at radius 1 is 1.21 bits per heavy atom. The fourth-order valence-corrected chi connectivity index (χ4v) is 5.47. The van der Waals surface area contributed by atoms with Gasteiger partial charge in [-0.15, -0.1) is 0 Å². The van der Waals surface area contributed by atoms with Crippen LogP contribution in [-0.2, 0) is 4.74 Å². The van der Waals surface area contributed by atoms with Gasteiger partial charge in [-0.05, 0) is 61.7 Å². The third kappa shape index (κ3) is 6.67. The molecule has 2 aliphatic rings. The smallest absolute Gasteiger partial charge is 0.407 e. The average Bonchev–Trinajstić information content (AvgIpc) is 2.92. The summed E-state index contributed by atoms with van der Waals surface area (Å²) < 4.78 is 25.6. The Morgan fingerprint density at radius 2 is 1.97 bits per heavy atom. The van der Waals surface area contributed by atoms with E-state index >= 15 is 0 Å². The molecular weight excluding hydrogens is 606 g/mol. The normalized spacial score (nSPS) is 20.8. The van der Waals surface area contributed by atoms with Gasteiger partial charge in [0.2, 0.25) is 0 Å². The molecule has 2 amide bonds. The largest absolute Gasteiger partial charge is 0.493 e. The monoisotopic (exact) mass is 640 g/mol. The number of alkyl halides is 1. The fraction of sp³-hybridized carbons (Fsp3) is 0.481. The molecule has 2 heterocycles. The molecule has 3 atom stereocenters. The molecule has 2 aromatic carbocycles. The van der Waals surface area contributed by atoms with Gasteiger partial charge in [0, 0.05) is 50.0 Å². The maximum Gasteiger partial charge on any atom is 0.407 e. The zero-order valence-electron chi connectivity index (χ0n) is 21.6. The van der Waals surface area contributed by atoms with Crippen molar-refractivity contribution in [1.29, 1.82) is 0 Å². The van der Waals surface area contributed by atoms with Crippen LogP contribution in [0.25, 0.3) is 0 Å². The van der Waals surface area contributed by atoms with Crippen molar-refractivity contribution < 1.29 is 28.6 Å². The SMILES string of the molecule is CNC(=O)O[C@H]1CCCOc2ccc(N3CCN(C(I)CO)CC3)cc2[C@@H]1NC(=O)c1ccc(F)cc1C. The molecule has 0 aliphatic carbocycles. The number of amides is 2. The minimum Gasteiger partial charge on any atom is -0.493 e. The van der Waals surface area contributed by atoms with Crippen LogP contribution in [0.5, 0.6) is 5.75 Å². The van der Waals surface area contributed by atoms with Crippen molar-refractivity contribution in [1.82, 2.24) is 15.5 Å². The van der Waals surface area contributed by atoms with Gasteiger partial charge in [0.25, 0.3) is 5.91 Å². The summed E-state index contributed by atoms with van der Waals surface area (Å²) in [5.74, 6) is -0.186. The van der Waals surface area contributed by atoms with Gasteiger partial charge in [0.05, 0.1) is 23.3 Å². The summed E-state index contributed by atoms with van der Waals surface area (Å²) in [5.41, 5.74) is 2.54. The van der Waals surface area contributed by atoms with E-state index in [9.17, 15) is 19.1 Å². The number of anilines is 1. The molecule has 0 saturated carbocycles. The number of carbonyl (C=O) groups is 2. The summed E-state index contributed by atoms with van der Waals surface area (Å²) in [5, 5.41) is 15.1. The predicted octanol–water partition coefficient (Wildman–Crippen LogP) is 3.38. The number of piperazine rings is 1. The van der Waals surface area contributed by atoms with Crippen molar-refractivity contribution in [2.45, 2.75) is 36.0 Å². The van der Waals surface area contributed by atoms with Crippen molar-refractivity contribution in [3.63, 3.8) is 0 Å². The molecule has 0 aromatic heterocycles. The van der Waals surface area contributed by atoms with E-state index in [1.165, 1.54) is 25.2 Å². The Balaban J connectivity index is 1.67. The first-order chi connectivity index (χ1) is 18.3. The molecule has 1 saturated heterocycles. The van der Waals surface area contributed by atoms with Crippen LogP contribution in [-0.4, -0.2) is 78.6 Å². The van der Waals surface area contributed by atoms with Crippen molar-refractivity contribution in [2.75, 3.05) is 51.3 Å². The lowest BCUT2D eigenvalue weighted by Gasteiger charge is -2.38. The Hall–Kier alpha value is -2.64. The van der Waals surface area contributed by atoms with Gasteiger partial charge in [-0.25, -0.2) is 9.18 Å². The third-order valence-electron chi connectivity index (χ3n) is 7.00. The number of aliphatic hydroxyl groups is 1. The van der Waals surface area contributed by atoms with E-state index in [1.807, 2.05) is 18.2 Å². The van der Waals surface area contributed by atoms with Crippen molar-refractivity contribution in [3.05, 3.63) is 58.9 Å². The summed E-state index contributed by atoms with van der Waals surface area (Å²) in [6.07, 6.45) is -0.102. The summed E-state index contributed by atoms with van der Waals surface area (Å²) in [7, 11) is 1.49. The Labute approximate surface area is 235 Å². The van der Waals surface area contributed by atoms with E-state index in [4.69, 9.17) is 9.47 Å². The Morgan fingerprint density at radius 3 is 2.66 bits per heavy atom. The van der Waals surface area contributed by atoms with Gasteiger partial charge in [-0.3, -0.25) is 9.69 Å². The Kier molecular flexibility index (Phi) is 9.66. The van der Waals surface area contributed by atoms with Crippen LogP contribution in [0.15, 0.2) is 36.4 Å². The van der Waals surface area contributed by atoms with Crippen LogP contribution >= 0.6 is 22.6 Å². The number of fused-ring (bicyclic) bond motifs is 1. The molecule has 3 N–H and O–H groups in total. The summed E-state index contributed by atoms with van der Waals surface area (Å²) in [6.45, 7) is 5.43. The number of hydrogen-bond donors (Lipinski definition) is 3. The molecule has 0 spiro atoms. The number of ether oxygens (including phenoxy) is 2. The molecule has 206 valence electrons. The van der Waals surface area contributed by atoms with E-state index in [0.717, 1.165) is 31.9 Å². The molecule has 1 unspecified atom stereocenters. The standard InChI is InChI=1S/C27H34FIN4O5/c1-17-14-18(28)5-7-20(17)26(35)31-25-21-15-19(32-9-11-33(12-10-32)24(29)16-34)6-8-22(21)37-13-3-4-23(25)38-27(36)30-2/h5-8,14-15,23-25,34H,3-4,9-13,16H2,1-2H3,(H,30,36)(H,31,35)/t23-,24?,25-/m0/s1. The predicted molar refractivity (Wildman–Crippen MR) is 151 cm³/mol. The molecule has 1 fully saturated rings. The molecule has 4 rings (SSSR count). The highest BCUT2D eigenvalue weighted by Crippen LogP contribution is 2.36. The minimum absolute atomic E-state index is 0.0797. The van der Waals surface area contributed by atoms with Crippen molar-refractivity contribution >= 4 is 40.3 Å². The van der Waals surface area contributed by atoms with Gasteiger partial charge < -0.3 is 30.1 Å². The highest BCUT2D eigenvalue weighted by Gasteiger charge is 2.33. The van der Waals surface area contributed by atoms with Crippen LogP contribution in [0, 0.1) is 12.7 Å². The first-order valence-corrected chi connectivity index (χ1v) is 14.0. The van der Waals surface area contributed by atoms with Crippen LogP contribution in [0.4, 0.5) is 14.9 Å². The van der Waals surface area contributed by atoms with E-state index in [0.29, 0.717) is 41.9 Å². The molecule has 0 radical (unpaired) electrons. The number of benzene rings is 2. The number of alkyl carbamates (subject to hydrolysis) is 1. The average molecular weight is 640 g/mol. The highest BCUT2D eigenvalue weighted by atomic mass is 127. The second kappa shape index (κ2) is 12.9. The van der Waals surface area contributed by atoms with Gasteiger partial charge >= 0.3 is 6.09 Å². The van der Waals surface area contributed by atoms with Crippen molar-refractivity contribution in [2.24, 2.45) is 0 Å². The highest BCUT2D eigenvalue weighted by molar-refractivity contribution is 14.1. The lowest BCUT2D eigenvalue weighted by molar-refractivity contribution is 0.0553. The Bertz CT molecular complexity index is 1140. The topological polar surface area (TPSA) is 103 Å². The zero-order valence-corrected chi connectivity index (χ0v) is 23.7. The summed E-state index contributed by atoms with van der Waals surface area (Å²) in [6, 6.07) is 9.23. The number of aryl methyl sites for hydroxylation is 1. The summed E-state index contributed by atoms with van der Waals surface area (Å²) >= 11 is 2.25. The third-order valence-corrected chi connectivity index (χ3v) is 8.18. The molecule has 11 heteroatoms. The lowest BCUT2D eigenvalue weighted by Crippen LogP contribution is -2.49. The second-order valence-corrected chi connectivity index (χ2v) is 10.9. The lowest BCUT2D eigenvalue weighted by atomic mass is 9.94. The maximum absolute atomic E-state index is 13.7. The zero-order chi connectivity index (χ0) is 27.2. The molecule has 0 bridgehead atoms. The number of rotatable bonds is 6. The quantitative estimate of drug-likeness (QED) is 0.253. The van der Waals surface area contributed by atoms with Crippen LogP contribution in [0.3, 0.4) is 0 Å².